The summed E-state index contributed by atoms with van der Waals surface area (Å²) >= 11 is 1.62. The molecule has 3 saturated heterocycles. The standard InChI is InChI=1S/C16H20N2O3S/c1-17-10-13-16(21-15(17)20)6-4-11(5-7-16)18(13)14(19)9-12-3-2-8-22-12/h2-3,8,11,13H,4-7,9-10H2,1H3. The number of carbonyl (C=O) groups is 2. The second-order valence-corrected chi connectivity index (χ2v) is 7.65. The van der Waals surface area contributed by atoms with Crippen molar-refractivity contribution in [3.8, 4) is 0 Å². The minimum absolute atomic E-state index is 0.00941. The van der Waals surface area contributed by atoms with Crippen molar-refractivity contribution in [1.82, 2.24) is 9.80 Å². The van der Waals surface area contributed by atoms with E-state index in [2.05, 4.69) is 0 Å². The Bertz CT molecular complexity index is 593. The molecule has 4 aliphatic rings. The average Bonchev–Trinajstić information content (AvgIpc) is 3.00. The van der Waals surface area contributed by atoms with Crippen LogP contribution in [0.4, 0.5) is 4.79 Å². The van der Waals surface area contributed by atoms with Crippen LogP contribution in [0.3, 0.4) is 0 Å². The normalized spacial score (nSPS) is 33.6. The lowest BCUT2D eigenvalue weighted by Crippen LogP contribution is -2.73. The van der Waals surface area contributed by atoms with E-state index in [1.54, 1.807) is 23.3 Å². The molecule has 6 heteroatoms. The molecule has 2 bridgehead atoms. The van der Waals surface area contributed by atoms with Crippen LogP contribution >= 0.6 is 11.3 Å². The smallest absolute Gasteiger partial charge is 0.410 e. The van der Waals surface area contributed by atoms with Crippen LogP contribution in [-0.4, -0.2) is 53.1 Å². The molecule has 22 heavy (non-hydrogen) atoms. The second kappa shape index (κ2) is 4.98. The number of ether oxygens (including phenoxy) is 1. The van der Waals surface area contributed by atoms with Gasteiger partial charge in [0.15, 0.2) is 0 Å². The van der Waals surface area contributed by atoms with Crippen LogP contribution < -0.4 is 0 Å². The second-order valence-electron chi connectivity index (χ2n) is 6.62. The van der Waals surface area contributed by atoms with Crippen LogP contribution in [-0.2, 0) is 16.0 Å². The van der Waals surface area contributed by atoms with Crippen LogP contribution in [0.15, 0.2) is 17.5 Å². The number of nitrogens with zero attached hydrogens (tertiary/aromatic N) is 2. The van der Waals surface area contributed by atoms with Gasteiger partial charge in [-0.25, -0.2) is 4.79 Å². The van der Waals surface area contributed by atoms with E-state index < -0.39 is 5.60 Å². The molecule has 4 heterocycles. The third-order valence-electron chi connectivity index (χ3n) is 5.38. The SMILES string of the molecule is CN1CC2N(C(=O)Cc3cccs3)C3CCC2(CC3)OC1=O. The van der Waals surface area contributed by atoms with Crippen LogP contribution in [0.2, 0.25) is 0 Å². The Morgan fingerprint density at radius 3 is 2.91 bits per heavy atom. The van der Waals surface area contributed by atoms with Gasteiger partial charge in [-0.05, 0) is 37.1 Å². The predicted molar refractivity (Wildman–Crippen MR) is 82.8 cm³/mol. The first kappa shape index (κ1) is 14.1. The quantitative estimate of drug-likeness (QED) is 0.840. The molecule has 1 spiro atoms. The third kappa shape index (κ3) is 2.04. The van der Waals surface area contributed by atoms with Gasteiger partial charge in [0.05, 0.1) is 12.5 Å². The molecular weight excluding hydrogens is 300 g/mol. The van der Waals surface area contributed by atoms with E-state index >= 15 is 0 Å². The number of piperidine rings is 2. The van der Waals surface area contributed by atoms with Crippen molar-refractivity contribution in [3.05, 3.63) is 22.4 Å². The zero-order chi connectivity index (χ0) is 15.3. The fraction of sp³-hybridized carbons (Fsp3) is 0.625. The van der Waals surface area contributed by atoms with Crippen LogP contribution in [0.5, 0.6) is 0 Å². The van der Waals surface area contributed by atoms with E-state index in [4.69, 9.17) is 4.74 Å². The van der Waals surface area contributed by atoms with E-state index in [-0.39, 0.29) is 18.0 Å². The topological polar surface area (TPSA) is 49.9 Å². The predicted octanol–water partition coefficient (Wildman–Crippen LogP) is 2.26. The van der Waals surface area contributed by atoms with Gasteiger partial charge in [-0.15, -0.1) is 11.3 Å². The molecule has 1 saturated carbocycles. The first-order valence-corrected chi connectivity index (χ1v) is 8.75. The van der Waals surface area contributed by atoms with Gasteiger partial charge in [0.25, 0.3) is 0 Å². The number of carbonyl (C=O) groups excluding carboxylic acids is 2. The van der Waals surface area contributed by atoms with Crippen molar-refractivity contribution < 1.29 is 14.3 Å². The van der Waals surface area contributed by atoms with Crippen molar-refractivity contribution in [2.45, 2.75) is 49.8 Å². The minimum atomic E-state index is -0.441. The van der Waals surface area contributed by atoms with Gasteiger partial charge >= 0.3 is 6.09 Å². The largest absolute Gasteiger partial charge is 0.441 e. The Labute approximate surface area is 133 Å². The van der Waals surface area contributed by atoms with Gasteiger partial charge in [0.2, 0.25) is 5.91 Å². The van der Waals surface area contributed by atoms with Crippen molar-refractivity contribution >= 4 is 23.3 Å². The number of rotatable bonds is 2. The Balaban J connectivity index is 1.61. The lowest BCUT2D eigenvalue weighted by molar-refractivity contribution is -0.186. The summed E-state index contributed by atoms with van der Waals surface area (Å²) in [6.45, 7) is 0.589. The summed E-state index contributed by atoms with van der Waals surface area (Å²) in [6.07, 6.45) is 3.89. The highest BCUT2D eigenvalue weighted by Crippen LogP contribution is 2.47. The molecule has 0 radical (unpaired) electrons. The summed E-state index contributed by atoms with van der Waals surface area (Å²) in [5.41, 5.74) is -0.441. The van der Waals surface area contributed by atoms with Gasteiger partial charge in [-0.2, -0.15) is 0 Å². The third-order valence-corrected chi connectivity index (χ3v) is 6.26. The molecule has 3 aliphatic heterocycles. The number of thiophene rings is 1. The molecular formula is C16H20N2O3S. The van der Waals surface area contributed by atoms with Gasteiger partial charge < -0.3 is 14.5 Å². The summed E-state index contributed by atoms with van der Waals surface area (Å²) in [7, 11) is 1.75. The fourth-order valence-corrected chi connectivity index (χ4v) is 4.95. The van der Waals surface area contributed by atoms with E-state index in [9.17, 15) is 9.59 Å². The molecule has 1 aromatic rings. The zero-order valence-electron chi connectivity index (χ0n) is 12.7. The first-order chi connectivity index (χ1) is 10.6. The van der Waals surface area contributed by atoms with Crippen molar-refractivity contribution in [3.63, 3.8) is 0 Å². The maximum absolute atomic E-state index is 12.9. The number of fused-ring (bicyclic) bond motifs is 2. The highest BCUT2D eigenvalue weighted by Gasteiger charge is 2.58. The van der Waals surface area contributed by atoms with Crippen molar-refractivity contribution in [2.75, 3.05) is 13.6 Å². The molecule has 1 aliphatic carbocycles. The highest BCUT2D eigenvalue weighted by molar-refractivity contribution is 7.10. The maximum atomic E-state index is 12.9. The summed E-state index contributed by atoms with van der Waals surface area (Å²) in [4.78, 5) is 29.6. The molecule has 2 amide bonds. The maximum Gasteiger partial charge on any atom is 0.410 e. The van der Waals surface area contributed by atoms with E-state index in [1.165, 1.54) is 0 Å². The van der Waals surface area contributed by atoms with Gasteiger partial charge in [0.1, 0.15) is 5.60 Å². The molecule has 1 atom stereocenters. The fourth-order valence-electron chi connectivity index (χ4n) is 4.25. The molecule has 0 N–H and O–H groups in total. The van der Waals surface area contributed by atoms with Crippen molar-refractivity contribution in [2.24, 2.45) is 0 Å². The van der Waals surface area contributed by atoms with Gasteiger partial charge in [-0.3, -0.25) is 4.79 Å². The Hall–Kier alpha value is -1.56. The number of likely N-dealkylation sites (N-methyl/N-ethyl adjacent to an activating group) is 1. The molecule has 4 fully saturated rings. The highest BCUT2D eigenvalue weighted by atomic mass is 32.1. The monoisotopic (exact) mass is 320 g/mol. The van der Waals surface area contributed by atoms with Crippen LogP contribution in [0.25, 0.3) is 0 Å². The molecule has 1 aromatic heterocycles. The Morgan fingerprint density at radius 1 is 1.45 bits per heavy atom. The lowest BCUT2D eigenvalue weighted by atomic mass is 9.70. The van der Waals surface area contributed by atoms with Crippen LogP contribution in [0.1, 0.15) is 30.6 Å². The van der Waals surface area contributed by atoms with E-state index in [0.29, 0.717) is 19.0 Å². The van der Waals surface area contributed by atoms with E-state index in [0.717, 1.165) is 30.6 Å². The Morgan fingerprint density at radius 2 is 2.23 bits per heavy atom. The summed E-state index contributed by atoms with van der Waals surface area (Å²) < 4.78 is 5.79. The number of hydrogen-bond donors (Lipinski definition) is 0. The molecule has 1 unspecified atom stereocenters. The summed E-state index contributed by atoms with van der Waals surface area (Å²) in [6, 6.07) is 4.31. The summed E-state index contributed by atoms with van der Waals surface area (Å²) in [5, 5.41) is 2.00. The van der Waals surface area contributed by atoms with E-state index in [1.807, 2.05) is 22.4 Å². The Kier molecular flexibility index (Phi) is 3.18. The van der Waals surface area contributed by atoms with Crippen LogP contribution in [0, 0.1) is 0 Å². The van der Waals surface area contributed by atoms with Gasteiger partial charge in [0, 0.05) is 24.5 Å². The summed E-state index contributed by atoms with van der Waals surface area (Å²) in [5.74, 6) is 0.174. The molecule has 5 rings (SSSR count). The molecule has 118 valence electrons. The average molecular weight is 320 g/mol. The lowest BCUT2D eigenvalue weighted by Gasteiger charge is -2.60. The minimum Gasteiger partial charge on any atom is -0.441 e. The molecule has 5 nitrogen and oxygen atoms in total. The number of amides is 2. The zero-order valence-corrected chi connectivity index (χ0v) is 13.5. The van der Waals surface area contributed by atoms with Crippen molar-refractivity contribution in [1.29, 1.82) is 0 Å². The number of hydrogen-bond acceptors (Lipinski definition) is 4. The first-order valence-electron chi connectivity index (χ1n) is 7.87. The molecule has 0 aromatic carbocycles. The van der Waals surface area contributed by atoms with Gasteiger partial charge in [-0.1, -0.05) is 6.07 Å².